The van der Waals surface area contributed by atoms with Crippen molar-refractivity contribution in [2.24, 2.45) is 0 Å². The molecule has 0 aliphatic carbocycles. The van der Waals surface area contributed by atoms with Gasteiger partial charge in [-0.15, -0.1) is 0 Å². The van der Waals surface area contributed by atoms with E-state index in [2.05, 4.69) is 4.98 Å². The molecule has 88 valence electrons. The van der Waals surface area contributed by atoms with E-state index in [1.165, 1.54) is 0 Å². The number of carbonyl (C=O) groups excluding carboxylic acids is 1. The van der Waals surface area contributed by atoms with E-state index < -0.39 is 0 Å². The van der Waals surface area contributed by atoms with Gasteiger partial charge in [0.2, 0.25) is 0 Å². The molecule has 0 bridgehead atoms. The van der Waals surface area contributed by atoms with Crippen molar-refractivity contribution in [3.8, 4) is 5.75 Å². The second-order valence-corrected chi connectivity index (χ2v) is 4.09. The van der Waals surface area contributed by atoms with Gasteiger partial charge in [0.25, 0.3) is 0 Å². The van der Waals surface area contributed by atoms with E-state index in [9.17, 15) is 4.79 Å². The van der Waals surface area contributed by atoms with Crippen molar-refractivity contribution < 1.29 is 9.53 Å². The Labute approximate surface area is 96.8 Å². The smallest absolute Gasteiger partial charge is 0.138 e. The number of Topliss-reactive ketones (excluding diaryl/α,β-unsaturated/α-hetero) is 1. The van der Waals surface area contributed by atoms with Crippen molar-refractivity contribution in [1.82, 2.24) is 4.98 Å². The van der Waals surface area contributed by atoms with Crippen LogP contribution in [-0.2, 0) is 11.2 Å². The Balaban J connectivity index is 2.56. The number of aryl methyl sites for hydroxylation is 1. The summed E-state index contributed by atoms with van der Waals surface area (Å²) < 4.78 is 5.54. The number of hydrogen-bond donors (Lipinski definition) is 0. The molecule has 0 saturated carbocycles. The second kappa shape index (κ2) is 6.26. The van der Waals surface area contributed by atoms with Crippen LogP contribution in [0.3, 0.4) is 0 Å². The molecule has 0 aromatic carbocycles. The lowest BCUT2D eigenvalue weighted by atomic mass is 10.1. The average molecular weight is 221 g/mol. The van der Waals surface area contributed by atoms with E-state index in [1.54, 1.807) is 12.4 Å². The third kappa shape index (κ3) is 4.43. The standard InChI is InChI=1S/C13H19NO2/c1-4-12(15)6-5-11-7-13(9-14-8-11)16-10(2)3/h7-10H,4-6H2,1-3H3. The molecule has 3 heteroatoms. The van der Waals surface area contributed by atoms with Gasteiger partial charge in [0.05, 0.1) is 12.3 Å². The van der Waals surface area contributed by atoms with Gasteiger partial charge in [-0.05, 0) is 31.9 Å². The van der Waals surface area contributed by atoms with Gasteiger partial charge in [-0.2, -0.15) is 0 Å². The largest absolute Gasteiger partial charge is 0.489 e. The Bertz CT molecular complexity index is 348. The molecule has 1 heterocycles. The highest BCUT2D eigenvalue weighted by Gasteiger charge is 2.03. The third-order valence-electron chi connectivity index (χ3n) is 2.23. The number of carbonyl (C=O) groups is 1. The number of hydrogen-bond acceptors (Lipinski definition) is 3. The number of pyridine rings is 1. The van der Waals surface area contributed by atoms with E-state index in [4.69, 9.17) is 4.74 Å². The quantitative estimate of drug-likeness (QED) is 0.741. The lowest BCUT2D eigenvalue weighted by Gasteiger charge is -2.10. The topological polar surface area (TPSA) is 39.2 Å². The van der Waals surface area contributed by atoms with Gasteiger partial charge in [-0.3, -0.25) is 9.78 Å². The Hall–Kier alpha value is -1.38. The highest BCUT2D eigenvalue weighted by molar-refractivity contribution is 5.78. The lowest BCUT2D eigenvalue weighted by molar-refractivity contribution is -0.118. The monoisotopic (exact) mass is 221 g/mol. The number of rotatable bonds is 6. The maximum atomic E-state index is 11.2. The van der Waals surface area contributed by atoms with Gasteiger partial charge < -0.3 is 4.74 Å². The SMILES string of the molecule is CCC(=O)CCc1cncc(OC(C)C)c1. The summed E-state index contributed by atoms with van der Waals surface area (Å²) in [5, 5.41) is 0. The first-order valence-electron chi connectivity index (χ1n) is 5.74. The van der Waals surface area contributed by atoms with Gasteiger partial charge in [0, 0.05) is 19.0 Å². The second-order valence-electron chi connectivity index (χ2n) is 4.09. The number of aromatic nitrogens is 1. The fraction of sp³-hybridized carbons (Fsp3) is 0.538. The summed E-state index contributed by atoms with van der Waals surface area (Å²) in [5.74, 6) is 1.06. The zero-order chi connectivity index (χ0) is 12.0. The first-order valence-corrected chi connectivity index (χ1v) is 5.74. The van der Waals surface area contributed by atoms with Gasteiger partial charge in [-0.1, -0.05) is 6.92 Å². The molecule has 0 atom stereocenters. The Morgan fingerprint density at radius 3 is 2.81 bits per heavy atom. The fourth-order valence-electron chi connectivity index (χ4n) is 1.40. The minimum atomic E-state index is 0.148. The summed E-state index contributed by atoms with van der Waals surface area (Å²) >= 11 is 0. The van der Waals surface area contributed by atoms with E-state index in [0.717, 1.165) is 17.7 Å². The van der Waals surface area contributed by atoms with Crippen LogP contribution in [0, 0.1) is 0 Å². The highest BCUT2D eigenvalue weighted by Crippen LogP contribution is 2.14. The Kier molecular flexibility index (Phi) is 4.96. The zero-order valence-electron chi connectivity index (χ0n) is 10.2. The summed E-state index contributed by atoms with van der Waals surface area (Å²) in [4.78, 5) is 15.3. The molecular formula is C13H19NO2. The van der Waals surface area contributed by atoms with E-state index in [1.807, 2.05) is 26.8 Å². The van der Waals surface area contributed by atoms with Gasteiger partial charge >= 0.3 is 0 Å². The molecular weight excluding hydrogens is 202 g/mol. The number of nitrogens with zero attached hydrogens (tertiary/aromatic N) is 1. The van der Waals surface area contributed by atoms with Crippen LogP contribution < -0.4 is 4.74 Å². The molecule has 0 amide bonds. The summed E-state index contributed by atoms with van der Waals surface area (Å²) in [7, 11) is 0. The average Bonchev–Trinajstić information content (AvgIpc) is 2.25. The molecule has 1 aromatic rings. The molecule has 3 nitrogen and oxygen atoms in total. The molecule has 16 heavy (non-hydrogen) atoms. The van der Waals surface area contributed by atoms with Crippen LogP contribution in [0.25, 0.3) is 0 Å². The summed E-state index contributed by atoms with van der Waals surface area (Å²) in [6.07, 6.45) is 5.57. The van der Waals surface area contributed by atoms with Crippen molar-refractivity contribution in [3.63, 3.8) is 0 Å². The number of ketones is 1. The molecule has 0 saturated heterocycles. The van der Waals surface area contributed by atoms with Crippen LogP contribution in [0.4, 0.5) is 0 Å². The molecule has 0 unspecified atom stereocenters. The molecule has 0 spiro atoms. The lowest BCUT2D eigenvalue weighted by Crippen LogP contribution is -2.06. The van der Waals surface area contributed by atoms with Crippen molar-refractivity contribution in [1.29, 1.82) is 0 Å². The minimum Gasteiger partial charge on any atom is -0.489 e. The fourth-order valence-corrected chi connectivity index (χ4v) is 1.40. The molecule has 0 aliphatic rings. The summed E-state index contributed by atoms with van der Waals surface area (Å²) in [6.45, 7) is 5.85. The zero-order valence-corrected chi connectivity index (χ0v) is 10.2. The molecule has 0 N–H and O–H groups in total. The predicted molar refractivity (Wildman–Crippen MR) is 63.6 cm³/mol. The number of ether oxygens (including phenoxy) is 1. The van der Waals surface area contributed by atoms with Crippen LogP contribution >= 0.6 is 0 Å². The van der Waals surface area contributed by atoms with E-state index >= 15 is 0 Å². The molecule has 0 fully saturated rings. The van der Waals surface area contributed by atoms with Crippen molar-refractivity contribution in [2.75, 3.05) is 0 Å². The maximum absolute atomic E-state index is 11.2. The summed E-state index contributed by atoms with van der Waals surface area (Å²) in [6, 6.07) is 1.95. The van der Waals surface area contributed by atoms with Gasteiger partial charge in [0.15, 0.2) is 0 Å². The highest BCUT2D eigenvalue weighted by atomic mass is 16.5. The predicted octanol–water partition coefficient (Wildman–Crippen LogP) is 2.78. The molecule has 0 radical (unpaired) electrons. The van der Waals surface area contributed by atoms with E-state index in [0.29, 0.717) is 12.8 Å². The van der Waals surface area contributed by atoms with Crippen molar-refractivity contribution in [3.05, 3.63) is 24.0 Å². The van der Waals surface area contributed by atoms with Crippen LogP contribution in [0.5, 0.6) is 5.75 Å². The van der Waals surface area contributed by atoms with E-state index in [-0.39, 0.29) is 11.9 Å². The molecule has 1 rings (SSSR count). The van der Waals surface area contributed by atoms with Gasteiger partial charge in [0.1, 0.15) is 11.5 Å². The molecule has 0 aliphatic heterocycles. The Morgan fingerprint density at radius 1 is 1.44 bits per heavy atom. The van der Waals surface area contributed by atoms with Crippen molar-refractivity contribution >= 4 is 5.78 Å². The normalized spacial score (nSPS) is 10.5. The van der Waals surface area contributed by atoms with Crippen LogP contribution in [0.15, 0.2) is 18.5 Å². The minimum absolute atomic E-state index is 0.148. The van der Waals surface area contributed by atoms with Crippen LogP contribution in [0.1, 0.15) is 39.2 Å². The summed E-state index contributed by atoms with van der Waals surface area (Å²) in [5.41, 5.74) is 1.06. The first kappa shape index (κ1) is 12.7. The van der Waals surface area contributed by atoms with Crippen molar-refractivity contribution in [2.45, 2.75) is 46.1 Å². The van der Waals surface area contributed by atoms with Crippen LogP contribution in [0.2, 0.25) is 0 Å². The van der Waals surface area contributed by atoms with Crippen LogP contribution in [-0.4, -0.2) is 16.9 Å². The molecule has 1 aromatic heterocycles. The first-order chi connectivity index (χ1) is 7.61. The Morgan fingerprint density at radius 2 is 2.19 bits per heavy atom. The maximum Gasteiger partial charge on any atom is 0.138 e. The van der Waals surface area contributed by atoms with Gasteiger partial charge in [-0.25, -0.2) is 0 Å². The third-order valence-corrected chi connectivity index (χ3v) is 2.23.